The Kier molecular flexibility index (Phi) is 4.14. The number of anilines is 1. The molecule has 2 aliphatic heterocycles. The summed E-state index contributed by atoms with van der Waals surface area (Å²) >= 11 is 6.61. The highest BCUT2D eigenvalue weighted by Gasteiger charge is 2.31. The zero-order chi connectivity index (χ0) is 19.3. The summed E-state index contributed by atoms with van der Waals surface area (Å²) in [7, 11) is 0. The minimum Gasteiger partial charge on any atom is -0.493 e. The van der Waals surface area contributed by atoms with Gasteiger partial charge in [-0.05, 0) is 18.2 Å². The van der Waals surface area contributed by atoms with Crippen LogP contribution in [-0.2, 0) is 0 Å². The smallest absolute Gasteiger partial charge is 0.293 e. The number of benzene rings is 2. The largest absolute Gasteiger partial charge is 0.493 e. The van der Waals surface area contributed by atoms with Gasteiger partial charge in [-0.2, -0.15) is 4.98 Å². The number of nitrogens with zero attached hydrogens (tertiary/aromatic N) is 2. The third kappa shape index (κ3) is 2.78. The van der Waals surface area contributed by atoms with Crippen LogP contribution in [0.2, 0.25) is 5.02 Å². The molecule has 1 atom stereocenters. The van der Waals surface area contributed by atoms with Gasteiger partial charge in [-0.25, -0.2) is 0 Å². The molecule has 28 heavy (non-hydrogen) atoms. The molecule has 2 aromatic carbocycles. The third-order valence-corrected chi connectivity index (χ3v) is 5.66. The standard InChI is InChI=1S/C20H19ClN4O3/c21-15-8-14-17(27-7-4-11-10-23-5-6-25(11)19(14)26)9-13(15)12-2-1-3-16-18(12)24-20(22)28-16/h1-3,8-9,11,23H,4-7,10H2,(H2,22,24)/t11-/m0/s1. The van der Waals surface area contributed by atoms with Crippen LogP contribution in [0, 0.1) is 0 Å². The fraction of sp³-hybridized carbons (Fsp3) is 0.300. The maximum absolute atomic E-state index is 13.2. The monoisotopic (exact) mass is 398 g/mol. The Morgan fingerprint density at radius 2 is 2.14 bits per heavy atom. The number of rotatable bonds is 1. The van der Waals surface area contributed by atoms with Gasteiger partial charge in [-0.3, -0.25) is 4.79 Å². The van der Waals surface area contributed by atoms with Crippen LogP contribution in [0.1, 0.15) is 16.8 Å². The molecule has 0 aliphatic carbocycles. The molecule has 2 aliphatic rings. The van der Waals surface area contributed by atoms with E-state index in [1.807, 2.05) is 23.1 Å². The molecule has 0 bridgehead atoms. The predicted molar refractivity (Wildman–Crippen MR) is 107 cm³/mol. The third-order valence-electron chi connectivity index (χ3n) is 5.35. The molecule has 0 radical (unpaired) electrons. The number of nitrogen functional groups attached to an aromatic ring is 1. The number of carbonyl (C=O) groups excluding carboxylic acids is 1. The molecule has 0 saturated carbocycles. The van der Waals surface area contributed by atoms with Gasteiger partial charge in [0.15, 0.2) is 5.58 Å². The van der Waals surface area contributed by atoms with Crippen LogP contribution in [0.3, 0.4) is 0 Å². The number of fused-ring (bicyclic) bond motifs is 3. The van der Waals surface area contributed by atoms with Gasteiger partial charge in [0.25, 0.3) is 11.9 Å². The zero-order valence-electron chi connectivity index (χ0n) is 15.1. The number of para-hydroxylation sites is 1. The van der Waals surface area contributed by atoms with Gasteiger partial charge in [0.1, 0.15) is 11.3 Å². The van der Waals surface area contributed by atoms with Crippen molar-refractivity contribution < 1.29 is 13.9 Å². The van der Waals surface area contributed by atoms with Gasteiger partial charge < -0.3 is 25.1 Å². The minimum absolute atomic E-state index is 0.0430. The summed E-state index contributed by atoms with van der Waals surface area (Å²) in [6.07, 6.45) is 0.783. The number of ether oxygens (including phenoxy) is 1. The topological polar surface area (TPSA) is 93.6 Å². The lowest BCUT2D eigenvalue weighted by atomic mass is 9.99. The van der Waals surface area contributed by atoms with Crippen LogP contribution in [0.15, 0.2) is 34.7 Å². The number of amides is 1. The van der Waals surface area contributed by atoms with Crippen molar-refractivity contribution in [1.29, 1.82) is 0 Å². The van der Waals surface area contributed by atoms with Gasteiger partial charge in [0.2, 0.25) is 0 Å². The van der Waals surface area contributed by atoms with E-state index in [9.17, 15) is 4.79 Å². The first-order valence-electron chi connectivity index (χ1n) is 9.25. The van der Waals surface area contributed by atoms with Crippen LogP contribution < -0.4 is 15.8 Å². The van der Waals surface area contributed by atoms with E-state index in [2.05, 4.69) is 10.3 Å². The van der Waals surface area contributed by atoms with E-state index in [0.717, 1.165) is 30.6 Å². The number of halogens is 1. The molecule has 5 rings (SSSR count). The zero-order valence-corrected chi connectivity index (χ0v) is 15.8. The Morgan fingerprint density at radius 1 is 1.25 bits per heavy atom. The lowest BCUT2D eigenvalue weighted by Crippen LogP contribution is -2.54. The van der Waals surface area contributed by atoms with E-state index in [-0.39, 0.29) is 18.0 Å². The van der Waals surface area contributed by atoms with E-state index >= 15 is 0 Å². The Labute approximate surface area is 166 Å². The summed E-state index contributed by atoms with van der Waals surface area (Å²) in [4.78, 5) is 19.4. The average Bonchev–Trinajstić information content (AvgIpc) is 3.08. The number of hydrogen-bond donors (Lipinski definition) is 2. The second-order valence-electron chi connectivity index (χ2n) is 7.03. The fourth-order valence-corrected chi connectivity index (χ4v) is 4.24. The highest BCUT2D eigenvalue weighted by Crippen LogP contribution is 2.39. The van der Waals surface area contributed by atoms with E-state index < -0.39 is 0 Å². The summed E-state index contributed by atoms with van der Waals surface area (Å²) in [6, 6.07) is 9.30. The molecule has 1 aromatic heterocycles. The average molecular weight is 399 g/mol. The molecule has 1 amide bonds. The summed E-state index contributed by atoms with van der Waals surface area (Å²) in [5.74, 6) is 0.494. The molecule has 144 valence electrons. The van der Waals surface area contributed by atoms with Crippen molar-refractivity contribution in [3.05, 3.63) is 40.9 Å². The van der Waals surface area contributed by atoms with Crippen molar-refractivity contribution in [3.63, 3.8) is 0 Å². The number of aromatic nitrogens is 1. The molecular formula is C20H19ClN4O3. The minimum atomic E-state index is -0.0430. The lowest BCUT2D eigenvalue weighted by Gasteiger charge is -2.38. The fourth-order valence-electron chi connectivity index (χ4n) is 3.98. The van der Waals surface area contributed by atoms with Crippen LogP contribution >= 0.6 is 11.6 Å². The first-order valence-corrected chi connectivity index (χ1v) is 9.63. The van der Waals surface area contributed by atoms with Crippen LogP contribution in [0.5, 0.6) is 5.75 Å². The summed E-state index contributed by atoms with van der Waals surface area (Å²) in [6.45, 7) is 2.79. The molecule has 3 N–H and O–H groups in total. The summed E-state index contributed by atoms with van der Waals surface area (Å²) in [5.41, 5.74) is 8.92. The lowest BCUT2D eigenvalue weighted by molar-refractivity contribution is 0.0576. The maximum atomic E-state index is 13.2. The molecule has 3 heterocycles. The first-order chi connectivity index (χ1) is 13.6. The Balaban J connectivity index is 1.63. The van der Waals surface area contributed by atoms with Crippen LogP contribution in [0.25, 0.3) is 22.2 Å². The molecule has 3 aromatic rings. The van der Waals surface area contributed by atoms with Crippen LogP contribution in [-0.4, -0.2) is 48.1 Å². The number of carbonyl (C=O) groups is 1. The predicted octanol–water partition coefficient (Wildman–Crippen LogP) is 2.93. The highest BCUT2D eigenvalue weighted by molar-refractivity contribution is 6.34. The van der Waals surface area contributed by atoms with Crippen molar-refractivity contribution >= 4 is 34.6 Å². The molecule has 1 saturated heterocycles. The number of nitrogens with two attached hydrogens (primary N) is 1. The maximum Gasteiger partial charge on any atom is 0.293 e. The number of hydrogen-bond acceptors (Lipinski definition) is 6. The van der Waals surface area contributed by atoms with Crippen molar-refractivity contribution in [2.24, 2.45) is 0 Å². The van der Waals surface area contributed by atoms with Crippen molar-refractivity contribution in [2.45, 2.75) is 12.5 Å². The molecule has 8 heteroatoms. The normalized spacial score (nSPS) is 19.5. The molecule has 1 fully saturated rings. The highest BCUT2D eigenvalue weighted by atomic mass is 35.5. The first kappa shape index (κ1) is 17.3. The second-order valence-corrected chi connectivity index (χ2v) is 7.43. The van der Waals surface area contributed by atoms with Crippen LogP contribution in [0.4, 0.5) is 6.01 Å². The van der Waals surface area contributed by atoms with Gasteiger partial charge in [-0.1, -0.05) is 23.7 Å². The molecule has 0 unspecified atom stereocenters. The van der Waals surface area contributed by atoms with Gasteiger partial charge in [0.05, 0.1) is 12.2 Å². The molecule has 7 nitrogen and oxygen atoms in total. The van der Waals surface area contributed by atoms with E-state index in [4.69, 9.17) is 26.5 Å². The number of piperazine rings is 1. The van der Waals surface area contributed by atoms with Gasteiger partial charge in [-0.15, -0.1) is 0 Å². The van der Waals surface area contributed by atoms with Crippen molar-refractivity contribution in [1.82, 2.24) is 15.2 Å². The summed E-state index contributed by atoms with van der Waals surface area (Å²) < 4.78 is 11.4. The van der Waals surface area contributed by atoms with E-state index in [0.29, 0.717) is 40.6 Å². The van der Waals surface area contributed by atoms with E-state index in [1.165, 1.54) is 0 Å². The molecule has 0 spiro atoms. The number of nitrogens with one attached hydrogen (secondary N) is 1. The van der Waals surface area contributed by atoms with Gasteiger partial charge >= 0.3 is 0 Å². The Hall–Kier alpha value is -2.77. The Morgan fingerprint density at radius 3 is 3.04 bits per heavy atom. The SMILES string of the molecule is Nc1nc2c(-c3cc4c(cc3Cl)C(=O)N3CCNC[C@@H]3CCO4)cccc2o1. The second kappa shape index (κ2) is 6.68. The summed E-state index contributed by atoms with van der Waals surface area (Å²) in [5, 5.41) is 3.79. The Bertz CT molecular complexity index is 1080. The van der Waals surface area contributed by atoms with Crippen molar-refractivity contribution in [2.75, 3.05) is 32.0 Å². The van der Waals surface area contributed by atoms with E-state index in [1.54, 1.807) is 12.1 Å². The van der Waals surface area contributed by atoms with Gasteiger partial charge in [0, 0.05) is 48.2 Å². The van der Waals surface area contributed by atoms with Crippen molar-refractivity contribution in [3.8, 4) is 16.9 Å². The quantitative estimate of drug-likeness (QED) is 0.654. The molecular weight excluding hydrogens is 380 g/mol. The number of oxazole rings is 1.